The Bertz CT molecular complexity index is 1420. The SMILES string of the molecule is CN(C)/C=C(\C#N)C(=O)c1cc2ccc(OCCN3CCOCC3)cc2n1S(=O)(=O)c1ccccc1. The van der Waals surface area contributed by atoms with Crippen molar-refractivity contribution in [2.75, 3.05) is 53.6 Å². The molecule has 2 heterocycles. The second-order valence-corrected chi connectivity index (χ2v) is 10.4. The fourth-order valence-electron chi connectivity index (χ4n) is 4.01. The number of morpholine rings is 1. The molecule has 0 bridgehead atoms. The molecule has 10 heteroatoms. The van der Waals surface area contributed by atoms with Crippen LogP contribution in [0.3, 0.4) is 0 Å². The first-order valence-corrected chi connectivity index (χ1v) is 13.0. The van der Waals surface area contributed by atoms with E-state index < -0.39 is 15.8 Å². The number of nitriles is 1. The van der Waals surface area contributed by atoms with Crippen LogP contribution in [0.15, 0.2) is 71.3 Å². The first kappa shape index (κ1) is 25.4. The standard InChI is InChI=1S/C26H28N4O5S/c1-28(2)19-21(18-27)26(31)25-16-20-8-9-22(35-15-12-29-10-13-34-14-11-29)17-24(20)30(25)36(32,33)23-6-4-3-5-7-23/h3-9,16-17,19H,10-15H2,1-2H3/b21-19+. The van der Waals surface area contributed by atoms with Gasteiger partial charge in [0.2, 0.25) is 5.78 Å². The summed E-state index contributed by atoms with van der Waals surface area (Å²) in [7, 11) is -0.791. The Labute approximate surface area is 210 Å². The van der Waals surface area contributed by atoms with Gasteiger partial charge >= 0.3 is 0 Å². The Balaban J connectivity index is 1.77. The van der Waals surface area contributed by atoms with E-state index in [9.17, 15) is 18.5 Å². The molecule has 4 rings (SSSR count). The molecule has 0 amide bonds. The van der Waals surface area contributed by atoms with Gasteiger partial charge in [0.15, 0.2) is 0 Å². The van der Waals surface area contributed by atoms with Crippen molar-refractivity contribution in [2.24, 2.45) is 0 Å². The molecular formula is C26H28N4O5S. The average Bonchev–Trinajstić information content (AvgIpc) is 3.27. The number of hydrogen-bond acceptors (Lipinski definition) is 8. The minimum Gasteiger partial charge on any atom is -0.492 e. The molecular weight excluding hydrogens is 480 g/mol. The van der Waals surface area contributed by atoms with Gasteiger partial charge in [0.05, 0.1) is 23.6 Å². The van der Waals surface area contributed by atoms with Crippen molar-refractivity contribution in [1.29, 1.82) is 5.26 Å². The van der Waals surface area contributed by atoms with Crippen LogP contribution in [0.2, 0.25) is 0 Å². The third kappa shape index (κ3) is 5.44. The molecule has 0 N–H and O–H groups in total. The molecule has 0 spiro atoms. The summed E-state index contributed by atoms with van der Waals surface area (Å²) in [6, 6.07) is 16.4. The predicted molar refractivity (Wildman–Crippen MR) is 135 cm³/mol. The van der Waals surface area contributed by atoms with Crippen LogP contribution in [0.4, 0.5) is 0 Å². The molecule has 1 saturated heterocycles. The highest BCUT2D eigenvalue weighted by atomic mass is 32.2. The number of carbonyl (C=O) groups is 1. The van der Waals surface area contributed by atoms with Crippen LogP contribution >= 0.6 is 0 Å². The summed E-state index contributed by atoms with van der Waals surface area (Å²) in [5.74, 6) is -0.196. The molecule has 1 aliphatic rings. The highest BCUT2D eigenvalue weighted by Crippen LogP contribution is 2.30. The third-order valence-electron chi connectivity index (χ3n) is 5.78. The van der Waals surface area contributed by atoms with Crippen LogP contribution in [0, 0.1) is 11.3 Å². The van der Waals surface area contributed by atoms with Gasteiger partial charge in [-0.1, -0.05) is 18.2 Å². The number of carbonyl (C=O) groups excluding carboxylic acids is 1. The van der Waals surface area contributed by atoms with Gasteiger partial charge in [-0.25, -0.2) is 12.4 Å². The summed E-state index contributed by atoms with van der Waals surface area (Å²) in [5, 5.41) is 10.1. The maximum Gasteiger partial charge on any atom is 0.268 e. The molecule has 9 nitrogen and oxygen atoms in total. The van der Waals surface area contributed by atoms with E-state index >= 15 is 0 Å². The number of aromatic nitrogens is 1. The molecule has 1 fully saturated rings. The quantitative estimate of drug-likeness (QED) is 0.247. The molecule has 188 valence electrons. The first-order chi connectivity index (χ1) is 17.3. The predicted octanol–water partition coefficient (Wildman–Crippen LogP) is 2.74. The second kappa shape index (κ2) is 11.0. The van der Waals surface area contributed by atoms with E-state index in [1.807, 2.05) is 6.07 Å². The van der Waals surface area contributed by atoms with E-state index in [-0.39, 0.29) is 16.2 Å². The van der Waals surface area contributed by atoms with Gasteiger partial charge in [-0.05, 0) is 30.3 Å². The summed E-state index contributed by atoms with van der Waals surface area (Å²) in [6.45, 7) is 4.21. The van der Waals surface area contributed by atoms with Gasteiger partial charge in [0.25, 0.3) is 10.0 Å². The number of fused-ring (bicyclic) bond motifs is 1. The minimum absolute atomic E-state index is 0.0327. The Morgan fingerprint density at radius 1 is 1.14 bits per heavy atom. The molecule has 1 aliphatic heterocycles. The lowest BCUT2D eigenvalue weighted by Crippen LogP contribution is -2.38. The average molecular weight is 509 g/mol. The minimum atomic E-state index is -4.15. The Morgan fingerprint density at radius 3 is 2.53 bits per heavy atom. The number of allylic oxidation sites excluding steroid dienone is 1. The van der Waals surface area contributed by atoms with Crippen molar-refractivity contribution in [1.82, 2.24) is 13.8 Å². The number of rotatable bonds is 9. The van der Waals surface area contributed by atoms with E-state index in [0.717, 1.165) is 23.6 Å². The van der Waals surface area contributed by atoms with Gasteiger partial charge in [0, 0.05) is 51.4 Å². The number of benzene rings is 2. The van der Waals surface area contributed by atoms with Crippen molar-refractivity contribution in [3.05, 3.63) is 72.1 Å². The van der Waals surface area contributed by atoms with Gasteiger partial charge < -0.3 is 14.4 Å². The van der Waals surface area contributed by atoms with Crippen molar-refractivity contribution < 1.29 is 22.7 Å². The maximum absolute atomic E-state index is 13.7. The van der Waals surface area contributed by atoms with E-state index in [1.54, 1.807) is 55.4 Å². The van der Waals surface area contributed by atoms with Gasteiger partial charge in [-0.15, -0.1) is 0 Å². The van der Waals surface area contributed by atoms with Crippen LogP contribution in [-0.4, -0.2) is 81.5 Å². The van der Waals surface area contributed by atoms with E-state index in [0.29, 0.717) is 36.5 Å². The zero-order chi connectivity index (χ0) is 25.7. The third-order valence-corrected chi connectivity index (χ3v) is 7.52. The van der Waals surface area contributed by atoms with E-state index in [1.165, 1.54) is 24.4 Å². The molecule has 36 heavy (non-hydrogen) atoms. The van der Waals surface area contributed by atoms with E-state index in [2.05, 4.69) is 4.90 Å². The number of Topliss-reactive ketones (excluding diaryl/α,β-unsaturated/α-hetero) is 1. The monoisotopic (exact) mass is 508 g/mol. The zero-order valence-corrected chi connectivity index (χ0v) is 21.1. The molecule has 2 aromatic carbocycles. The summed E-state index contributed by atoms with van der Waals surface area (Å²) >= 11 is 0. The molecule has 3 aromatic rings. The van der Waals surface area contributed by atoms with E-state index in [4.69, 9.17) is 9.47 Å². The largest absolute Gasteiger partial charge is 0.492 e. The fourth-order valence-corrected chi connectivity index (χ4v) is 5.54. The normalized spacial score (nSPS) is 15.0. The van der Waals surface area contributed by atoms with Gasteiger partial charge in [-0.3, -0.25) is 9.69 Å². The highest BCUT2D eigenvalue weighted by molar-refractivity contribution is 7.90. The lowest BCUT2D eigenvalue weighted by molar-refractivity contribution is 0.0322. The number of ketones is 1. The van der Waals surface area contributed by atoms with Crippen molar-refractivity contribution in [3.8, 4) is 11.8 Å². The molecule has 1 aromatic heterocycles. The zero-order valence-electron chi connectivity index (χ0n) is 20.3. The molecule has 0 saturated carbocycles. The van der Waals surface area contributed by atoms with Crippen LogP contribution in [-0.2, 0) is 14.8 Å². The smallest absolute Gasteiger partial charge is 0.268 e. The van der Waals surface area contributed by atoms with Crippen LogP contribution in [0.25, 0.3) is 10.9 Å². The molecule has 0 atom stereocenters. The highest BCUT2D eigenvalue weighted by Gasteiger charge is 2.28. The Hall–Kier alpha value is -3.65. The fraction of sp³-hybridized carbons (Fsp3) is 0.308. The second-order valence-electron chi connectivity index (χ2n) is 8.58. The summed E-state index contributed by atoms with van der Waals surface area (Å²) in [6.07, 6.45) is 1.37. The van der Waals surface area contributed by atoms with Crippen LogP contribution in [0.1, 0.15) is 10.5 Å². The molecule has 0 unspecified atom stereocenters. The molecule has 0 aliphatic carbocycles. The number of hydrogen-bond donors (Lipinski definition) is 0. The topological polar surface area (TPSA) is 105 Å². The van der Waals surface area contributed by atoms with Crippen molar-refractivity contribution in [2.45, 2.75) is 4.90 Å². The van der Waals surface area contributed by atoms with Crippen LogP contribution < -0.4 is 4.74 Å². The van der Waals surface area contributed by atoms with Crippen molar-refractivity contribution >= 4 is 26.7 Å². The summed E-state index contributed by atoms with van der Waals surface area (Å²) < 4.78 is 39.8. The summed E-state index contributed by atoms with van der Waals surface area (Å²) in [4.78, 5) is 17.2. The number of nitrogens with zero attached hydrogens (tertiary/aromatic N) is 4. The summed E-state index contributed by atoms with van der Waals surface area (Å²) in [5.41, 5.74) is 0.0106. The molecule has 0 radical (unpaired) electrons. The first-order valence-electron chi connectivity index (χ1n) is 11.5. The van der Waals surface area contributed by atoms with Gasteiger partial charge in [0.1, 0.15) is 29.7 Å². The Morgan fingerprint density at radius 2 is 1.86 bits per heavy atom. The lowest BCUT2D eigenvalue weighted by atomic mass is 10.1. The van der Waals surface area contributed by atoms with Crippen molar-refractivity contribution in [3.63, 3.8) is 0 Å². The number of ether oxygens (including phenoxy) is 2. The van der Waals surface area contributed by atoms with Gasteiger partial charge in [-0.2, -0.15) is 5.26 Å². The Kier molecular flexibility index (Phi) is 7.74. The lowest BCUT2D eigenvalue weighted by Gasteiger charge is -2.26. The maximum atomic E-state index is 13.7. The van der Waals surface area contributed by atoms with Crippen LogP contribution in [0.5, 0.6) is 5.75 Å².